The number of aromatic hydroxyl groups is 1. The second-order valence-electron chi connectivity index (χ2n) is 9.85. The Kier molecular flexibility index (Phi) is 6.72. The SMILES string of the molecule is CC(=O)n1c(O)c(C(=Nc2ccc(N3CCC(N(C)C)CC3)cc2)c2ccccc2)c2ccc(N)cc21. The summed E-state index contributed by atoms with van der Waals surface area (Å²) in [6, 6.07) is 23.9. The lowest BCUT2D eigenvalue weighted by molar-refractivity contribution is 0.0933. The third-order valence-electron chi connectivity index (χ3n) is 7.22. The van der Waals surface area contributed by atoms with Crippen molar-refractivity contribution >= 4 is 39.6 Å². The van der Waals surface area contributed by atoms with Crippen molar-refractivity contribution in [2.24, 2.45) is 4.99 Å². The molecule has 0 unspecified atom stereocenters. The molecule has 0 aliphatic carbocycles. The van der Waals surface area contributed by atoms with E-state index in [0.717, 1.165) is 37.2 Å². The number of carbonyl (C=O) groups excluding carboxylic acids is 1. The Morgan fingerprint density at radius 3 is 2.30 bits per heavy atom. The number of carbonyl (C=O) groups is 1. The predicted molar refractivity (Wildman–Crippen MR) is 151 cm³/mol. The van der Waals surface area contributed by atoms with Crippen LogP contribution in [0.4, 0.5) is 17.1 Å². The first-order chi connectivity index (χ1) is 17.8. The van der Waals surface area contributed by atoms with Gasteiger partial charge in [0.15, 0.2) is 0 Å². The molecule has 0 bridgehead atoms. The number of anilines is 2. The van der Waals surface area contributed by atoms with Gasteiger partial charge in [-0.25, -0.2) is 4.99 Å². The average molecular weight is 496 g/mol. The fourth-order valence-corrected chi connectivity index (χ4v) is 5.21. The molecule has 37 heavy (non-hydrogen) atoms. The summed E-state index contributed by atoms with van der Waals surface area (Å²) >= 11 is 0. The summed E-state index contributed by atoms with van der Waals surface area (Å²) in [5.41, 5.74) is 11.0. The molecule has 7 heteroatoms. The Morgan fingerprint density at radius 1 is 1.00 bits per heavy atom. The second kappa shape index (κ2) is 10.1. The van der Waals surface area contributed by atoms with Crippen LogP contribution in [-0.4, -0.2) is 59.4 Å². The Bertz CT molecular complexity index is 1450. The van der Waals surface area contributed by atoms with E-state index < -0.39 is 0 Å². The molecule has 2 heterocycles. The van der Waals surface area contributed by atoms with E-state index in [-0.39, 0.29) is 11.8 Å². The summed E-state index contributed by atoms with van der Waals surface area (Å²) in [4.78, 5) is 22.2. The Hall–Kier alpha value is -4.10. The quantitative estimate of drug-likeness (QED) is 0.290. The van der Waals surface area contributed by atoms with Crippen molar-refractivity contribution in [3.05, 3.63) is 83.9 Å². The van der Waals surface area contributed by atoms with Crippen LogP contribution in [0.25, 0.3) is 10.9 Å². The molecule has 1 aliphatic heterocycles. The number of nitrogens with two attached hydrogens (primary N) is 1. The maximum Gasteiger partial charge on any atom is 0.230 e. The first-order valence-electron chi connectivity index (χ1n) is 12.6. The van der Waals surface area contributed by atoms with Crippen LogP contribution in [0, 0.1) is 0 Å². The van der Waals surface area contributed by atoms with Crippen molar-refractivity contribution in [1.82, 2.24) is 9.47 Å². The number of nitrogen functional groups attached to an aromatic ring is 1. The van der Waals surface area contributed by atoms with Crippen LogP contribution in [-0.2, 0) is 0 Å². The Morgan fingerprint density at radius 2 is 1.68 bits per heavy atom. The molecular weight excluding hydrogens is 462 g/mol. The van der Waals surface area contributed by atoms with Crippen LogP contribution in [0.5, 0.6) is 5.88 Å². The zero-order valence-electron chi connectivity index (χ0n) is 21.6. The fraction of sp³-hybridized carbons (Fsp3) is 0.267. The fourth-order valence-electron chi connectivity index (χ4n) is 5.21. The van der Waals surface area contributed by atoms with E-state index in [1.807, 2.05) is 48.5 Å². The normalized spacial score (nSPS) is 15.0. The maximum atomic E-state index is 12.5. The number of nitrogens with zero attached hydrogens (tertiary/aromatic N) is 4. The van der Waals surface area contributed by atoms with E-state index in [1.54, 1.807) is 12.1 Å². The summed E-state index contributed by atoms with van der Waals surface area (Å²) < 4.78 is 1.29. The van der Waals surface area contributed by atoms with Crippen LogP contribution in [0.1, 0.15) is 35.7 Å². The van der Waals surface area contributed by atoms with Crippen molar-refractivity contribution in [3.8, 4) is 5.88 Å². The molecule has 7 nitrogen and oxygen atoms in total. The van der Waals surface area contributed by atoms with Crippen LogP contribution in [0.3, 0.4) is 0 Å². The van der Waals surface area contributed by atoms with Gasteiger partial charge in [0, 0.05) is 48.4 Å². The molecular formula is C30H33N5O2. The smallest absolute Gasteiger partial charge is 0.230 e. The molecule has 3 aromatic carbocycles. The number of hydrogen-bond acceptors (Lipinski definition) is 6. The predicted octanol–water partition coefficient (Wildman–Crippen LogP) is 5.29. The molecule has 0 atom stereocenters. The van der Waals surface area contributed by atoms with Gasteiger partial charge in [0.2, 0.25) is 11.8 Å². The van der Waals surface area contributed by atoms with Crippen molar-refractivity contribution in [3.63, 3.8) is 0 Å². The summed E-state index contributed by atoms with van der Waals surface area (Å²) in [5, 5.41) is 12.0. The highest BCUT2D eigenvalue weighted by Gasteiger charge is 2.25. The van der Waals surface area contributed by atoms with Crippen molar-refractivity contribution in [1.29, 1.82) is 0 Å². The van der Waals surface area contributed by atoms with Crippen LogP contribution < -0.4 is 10.6 Å². The van der Waals surface area contributed by atoms with Crippen molar-refractivity contribution < 1.29 is 9.90 Å². The van der Waals surface area contributed by atoms with Crippen molar-refractivity contribution in [2.75, 3.05) is 37.8 Å². The maximum absolute atomic E-state index is 12.5. The zero-order chi connectivity index (χ0) is 26.1. The van der Waals surface area contributed by atoms with Gasteiger partial charge in [0.25, 0.3) is 0 Å². The van der Waals surface area contributed by atoms with Crippen LogP contribution in [0.2, 0.25) is 0 Å². The van der Waals surface area contributed by atoms with E-state index in [2.05, 4.69) is 36.0 Å². The number of aliphatic imine (C=N–C) groups is 1. The van der Waals surface area contributed by atoms with Gasteiger partial charge in [-0.15, -0.1) is 0 Å². The Balaban J connectivity index is 1.57. The Labute approximate surface area is 217 Å². The van der Waals surface area contributed by atoms with Crippen LogP contribution in [0.15, 0.2) is 77.8 Å². The minimum atomic E-state index is -0.297. The molecule has 0 radical (unpaired) electrons. The average Bonchev–Trinajstić information content (AvgIpc) is 3.19. The molecule has 0 spiro atoms. The van der Waals surface area contributed by atoms with Gasteiger partial charge in [-0.1, -0.05) is 30.3 Å². The van der Waals surface area contributed by atoms with Crippen molar-refractivity contribution in [2.45, 2.75) is 25.8 Å². The number of fused-ring (bicyclic) bond motifs is 1. The molecule has 4 aromatic rings. The highest BCUT2D eigenvalue weighted by Crippen LogP contribution is 2.36. The van der Waals surface area contributed by atoms with Crippen LogP contribution >= 0.6 is 0 Å². The van der Waals surface area contributed by atoms with E-state index in [9.17, 15) is 9.90 Å². The van der Waals surface area contributed by atoms with Gasteiger partial charge in [-0.2, -0.15) is 0 Å². The standard InChI is InChI=1S/C30H33N5O2/c1-20(36)35-27-19-22(31)9-14-26(27)28(30(35)37)29(21-7-5-4-6-8-21)32-23-10-12-25(13-11-23)34-17-15-24(16-18-34)33(2)3/h4-14,19,24,37H,15-18,31H2,1-3H3. The largest absolute Gasteiger partial charge is 0.494 e. The molecule has 0 saturated carbocycles. The number of rotatable bonds is 5. The monoisotopic (exact) mass is 495 g/mol. The summed E-state index contributed by atoms with van der Waals surface area (Å²) in [6.45, 7) is 3.48. The minimum absolute atomic E-state index is 0.143. The van der Waals surface area contributed by atoms with E-state index in [4.69, 9.17) is 10.7 Å². The minimum Gasteiger partial charge on any atom is -0.494 e. The van der Waals surface area contributed by atoms with Gasteiger partial charge in [0.05, 0.1) is 22.5 Å². The number of piperidine rings is 1. The lowest BCUT2D eigenvalue weighted by Crippen LogP contribution is -2.41. The summed E-state index contributed by atoms with van der Waals surface area (Å²) in [6.07, 6.45) is 2.30. The van der Waals surface area contributed by atoms with E-state index in [0.29, 0.717) is 33.9 Å². The third-order valence-corrected chi connectivity index (χ3v) is 7.22. The molecule has 3 N–H and O–H groups in total. The van der Waals surface area contributed by atoms with Gasteiger partial charge in [-0.05, 0) is 69.4 Å². The number of benzene rings is 3. The topological polar surface area (TPSA) is 87.1 Å². The second-order valence-corrected chi connectivity index (χ2v) is 9.85. The zero-order valence-corrected chi connectivity index (χ0v) is 21.6. The summed E-state index contributed by atoms with van der Waals surface area (Å²) in [5.74, 6) is -0.440. The third kappa shape index (κ3) is 4.82. The van der Waals surface area contributed by atoms with Gasteiger partial charge < -0.3 is 20.6 Å². The van der Waals surface area contributed by atoms with Gasteiger partial charge in [0.1, 0.15) is 0 Å². The molecule has 1 aliphatic rings. The molecule has 0 amide bonds. The first-order valence-corrected chi connectivity index (χ1v) is 12.6. The highest BCUT2D eigenvalue weighted by molar-refractivity contribution is 6.23. The molecule has 1 aromatic heterocycles. The van der Waals surface area contributed by atoms with E-state index >= 15 is 0 Å². The number of hydrogen-bond donors (Lipinski definition) is 2. The molecule has 1 saturated heterocycles. The molecule has 190 valence electrons. The van der Waals surface area contributed by atoms with Gasteiger partial charge in [-0.3, -0.25) is 9.36 Å². The lowest BCUT2D eigenvalue weighted by atomic mass is 10.0. The molecule has 5 rings (SSSR count). The lowest BCUT2D eigenvalue weighted by Gasteiger charge is -2.36. The summed E-state index contributed by atoms with van der Waals surface area (Å²) in [7, 11) is 4.30. The van der Waals surface area contributed by atoms with Gasteiger partial charge >= 0.3 is 0 Å². The van der Waals surface area contributed by atoms with E-state index in [1.165, 1.54) is 17.2 Å². The highest BCUT2D eigenvalue weighted by atomic mass is 16.3. The number of aromatic nitrogens is 1. The first kappa shape index (κ1) is 24.6. The molecule has 1 fully saturated rings.